The van der Waals surface area contributed by atoms with Crippen LogP contribution in [0.3, 0.4) is 0 Å². The Hall–Kier alpha value is -2.12. The second-order valence-electron chi connectivity index (χ2n) is 5.64. The lowest BCUT2D eigenvalue weighted by Gasteiger charge is -2.17. The summed E-state index contributed by atoms with van der Waals surface area (Å²) in [7, 11) is 1.35. The van der Waals surface area contributed by atoms with Crippen LogP contribution in [0.5, 0.6) is 0 Å². The van der Waals surface area contributed by atoms with E-state index < -0.39 is 22.0 Å². The number of ether oxygens (including phenoxy) is 1. The van der Waals surface area contributed by atoms with Crippen molar-refractivity contribution >= 4 is 32.5 Å². The number of fused-ring (bicyclic) bond motifs is 1. The minimum Gasteiger partial charge on any atom is -0.468 e. The van der Waals surface area contributed by atoms with Crippen molar-refractivity contribution in [1.82, 2.24) is 4.31 Å². The molecule has 0 amide bonds. The van der Waals surface area contributed by atoms with E-state index in [1.165, 1.54) is 7.11 Å². The maximum atomic E-state index is 12.8. The van der Waals surface area contributed by atoms with Crippen LogP contribution in [0.1, 0.15) is 0 Å². The SMILES string of the molecule is COC(=O)C1CN1S(=O)(=O)c1cccc2c(N(C)C)cccc12. The standard InChI is InChI=1S/C16H18N2O4S/c1-17(2)13-8-4-7-12-11(13)6-5-9-15(12)23(20,21)18-10-14(18)16(19)22-3/h4-9,14H,10H2,1-3H3. The number of hydrogen-bond donors (Lipinski definition) is 0. The highest BCUT2D eigenvalue weighted by molar-refractivity contribution is 7.89. The van der Waals surface area contributed by atoms with E-state index in [1.807, 2.05) is 37.2 Å². The zero-order chi connectivity index (χ0) is 16.8. The highest BCUT2D eigenvalue weighted by Crippen LogP contribution is 2.35. The fourth-order valence-corrected chi connectivity index (χ4v) is 4.44. The highest BCUT2D eigenvalue weighted by atomic mass is 32.2. The van der Waals surface area contributed by atoms with Crippen molar-refractivity contribution in [2.75, 3.05) is 32.6 Å². The Morgan fingerprint density at radius 3 is 2.48 bits per heavy atom. The quantitative estimate of drug-likeness (QED) is 0.625. The summed E-state index contributed by atoms with van der Waals surface area (Å²) >= 11 is 0. The van der Waals surface area contributed by atoms with Crippen molar-refractivity contribution in [3.8, 4) is 0 Å². The van der Waals surface area contributed by atoms with Crippen LogP contribution in [0.2, 0.25) is 0 Å². The molecule has 23 heavy (non-hydrogen) atoms. The predicted molar refractivity (Wildman–Crippen MR) is 88.0 cm³/mol. The second-order valence-corrected chi connectivity index (χ2v) is 7.50. The molecule has 1 heterocycles. The van der Waals surface area contributed by atoms with E-state index in [9.17, 15) is 13.2 Å². The van der Waals surface area contributed by atoms with Crippen molar-refractivity contribution in [2.45, 2.75) is 10.9 Å². The zero-order valence-electron chi connectivity index (χ0n) is 13.2. The molecule has 0 N–H and O–H groups in total. The van der Waals surface area contributed by atoms with Gasteiger partial charge in [-0.25, -0.2) is 8.42 Å². The van der Waals surface area contributed by atoms with Crippen LogP contribution < -0.4 is 4.90 Å². The minimum absolute atomic E-state index is 0.165. The van der Waals surface area contributed by atoms with Crippen LogP contribution in [-0.4, -0.2) is 52.5 Å². The number of rotatable bonds is 4. The molecule has 0 radical (unpaired) electrons. The molecule has 7 heteroatoms. The van der Waals surface area contributed by atoms with Crippen molar-refractivity contribution in [3.05, 3.63) is 36.4 Å². The van der Waals surface area contributed by atoms with Crippen molar-refractivity contribution in [3.63, 3.8) is 0 Å². The van der Waals surface area contributed by atoms with Gasteiger partial charge in [0.15, 0.2) is 0 Å². The minimum atomic E-state index is -3.73. The van der Waals surface area contributed by atoms with Crippen LogP contribution >= 0.6 is 0 Å². The number of hydrogen-bond acceptors (Lipinski definition) is 5. The first-order chi connectivity index (χ1) is 10.9. The number of nitrogens with zero attached hydrogens (tertiary/aromatic N) is 2. The molecule has 1 aliphatic heterocycles. The van der Waals surface area contributed by atoms with Gasteiger partial charge in [-0.05, 0) is 12.1 Å². The number of carbonyl (C=O) groups excluding carboxylic acids is 1. The molecule has 2 unspecified atom stereocenters. The van der Waals surface area contributed by atoms with Crippen LogP contribution in [0.15, 0.2) is 41.3 Å². The summed E-state index contributed by atoms with van der Waals surface area (Å²) in [5.74, 6) is -0.525. The third-order valence-corrected chi connectivity index (χ3v) is 5.90. The normalized spacial score (nSPS) is 20.3. The summed E-state index contributed by atoms with van der Waals surface area (Å²) in [6, 6.07) is 10.0. The lowest BCUT2D eigenvalue weighted by molar-refractivity contribution is -0.140. The molecule has 2 aromatic carbocycles. The number of anilines is 1. The Kier molecular flexibility index (Phi) is 3.77. The molecule has 1 saturated heterocycles. The largest absolute Gasteiger partial charge is 0.468 e. The van der Waals surface area contributed by atoms with Gasteiger partial charge in [0.2, 0.25) is 10.0 Å². The van der Waals surface area contributed by atoms with Gasteiger partial charge in [0.05, 0.1) is 12.0 Å². The lowest BCUT2D eigenvalue weighted by Crippen LogP contribution is -2.20. The monoisotopic (exact) mass is 334 g/mol. The van der Waals surface area contributed by atoms with E-state index in [2.05, 4.69) is 4.74 Å². The van der Waals surface area contributed by atoms with Gasteiger partial charge >= 0.3 is 5.97 Å². The molecule has 0 saturated carbocycles. The Morgan fingerprint density at radius 1 is 1.17 bits per heavy atom. The van der Waals surface area contributed by atoms with Gasteiger partial charge in [-0.2, -0.15) is 4.31 Å². The molecular formula is C16H18N2O4S. The van der Waals surface area contributed by atoms with Crippen molar-refractivity contribution in [2.24, 2.45) is 0 Å². The molecule has 1 aliphatic rings. The summed E-state index contributed by atoms with van der Waals surface area (Å²) < 4.78 is 31.4. The molecule has 0 bridgehead atoms. The molecule has 0 aliphatic carbocycles. The number of benzene rings is 2. The molecule has 122 valence electrons. The van der Waals surface area contributed by atoms with Crippen molar-refractivity contribution < 1.29 is 17.9 Å². The molecule has 6 nitrogen and oxygen atoms in total. The Morgan fingerprint density at radius 2 is 1.83 bits per heavy atom. The van der Waals surface area contributed by atoms with Gasteiger partial charge in [0, 0.05) is 37.1 Å². The van der Waals surface area contributed by atoms with E-state index in [0.29, 0.717) is 5.39 Å². The smallest absolute Gasteiger partial charge is 0.325 e. The van der Waals surface area contributed by atoms with Gasteiger partial charge in [0.25, 0.3) is 0 Å². The number of carbonyl (C=O) groups is 1. The van der Waals surface area contributed by atoms with Gasteiger partial charge < -0.3 is 9.64 Å². The van der Waals surface area contributed by atoms with E-state index in [0.717, 1.165) is 15.4 Å². The third kappa shape index (κ3) is 2.55. The number of sulfonamides is 1. The van der Waals surface area contributed by atoms with Crippen LogP contribution in [0.4, 0.5) is 5.69 Å². The van der Waals surface area contributed by atoms with Crippen LogP contribution in [0.25, 0.3) is 10.8 Å². The summed E-state index contributed by atoms with van der Waals surface area (Å²) in [4.78, 5) is 13.7. The summed E-state index contributed by atoms with van der Waals surface area (Å²) in [5.41, 5.74) is 0.940. The van der Waals surface area contributed by atoms with Gasteiger partial charge in [0.1, 0.15) is 6.04 Å². The van der Waals surface area contributed by atoms with Gasteiger partial charge in [-0.3, -0.25) is 4.79 Å². The molecule has 3 rings (SSSR count). The topological polar surface area (TPSA) is 66.7 Å². The first-order valence-electron chi connectivity index (χ1n) is 7.16. The fourth-order valence-electron chi connectivity index (χ4n) is 2.72. The maximum absolute atomic E-state index is 12.8. The molecular weight excluding hydrogens is 316 g/mol. The molecule has 2 atom stereocenters. The highest BCUT2D eigenvalue weighted by Gasteiger charge is 2.50. The Bertz CT molecular complexity index is 877. The predicted octanol–water partition coefficient (Wildman–Crippen LogP) is 1.45. The van der Waals surface area contributed by atoms with E-state index in [1.54, 1.807) is 18.2 Å². The van der Waals surface area contributed by atoms with E-state index in [4.69, 9.17) is 0 Å². The zero-order valence-corrected chi connectivity index (χ0v) is 14.0. The maximum Gasteiger partial charge on any atom is 0.325 e. The van der Waals surface area contributed by atoms with Crippen LogP contribution in [0, 0.1) is 0 Å². The first kappa shape index (κ1) is 15.8. The molecule has 1 fully saturated rings. The Balaban J connectivity index is 2.11. The second kappa shape index (κ2) is 5.50. The molecule has 2 aromatic rings. The van der Waals surface area contributed by atoms with Gasteiger partial charge in [-0.15, -0.1) is 0 Å². The van der Waals surface area contributed by atoms with E-state index in [-0.39, 0.29) is 11.4 Å². The number of esters is 1. The third-order valence-electron chi connectivity index (χ3n) is 3.97. The Labute approximate surface area is 135 Å². The summed E-state index contributed by atoms with van der Waals surface area (Å²) in [6.45, 7) is 0.165. The average molecular weight is 334 g/mol. The van der Waals surface area contributed by atoms with Gasteiger partial charge in [-0.1, -0.05) is 24.3 Å². The molecule has 0 aromatic heterocycles. The van der Waals surface area contributed by atoms with E-state index >= 15 is 0 Å². The lowest BCUT2D eigenvalue weighted by atomic mass is 10.1. The number of methoxy groups -OCH3 is 1. The van der Waals surface area contributed by atoms with Crippen molar-refractivity contribution in [1.29, 1.82) is 0 Å². The average Bonchev–Trinajstić information content (AvgIpc) is 3.34. The van der Waals surface area contributed by atoms with Crippen LogP contribution in [-0.2, 0) is 19.6 Å². The fraction of sp³-hybridized carbons (Fsp3) is 0.312. The summed E-state index contributed by atoms with van der Waals surface area (Å²) in [6.07, 6.45) is 0. The molecule has 0 spiro atoms. The first-order valence-corrected chi connectivity index (χ1v) is 8.60. The summed E-state index contributed by atoms with van der Waals surface area (Å²) in [5, 5.41) is 1.50.